The lowest BCUT2D eigenvalue weighted by molar-refractivity contribution is 0.248. The predicted octanol–water partition coefficient (Wildman–Crippen LogP) is 3.27. The van der Waals surface area contributed by atoms with Gasteiger partial charge >= 0.3 is 0 Å². The second-order valence-electron chi connectivity index (χ2n) is 6.21. The molecule has 100 valence electrons. The van der Waals surface area contributed by atoms with Crippen LogP contribution in [0.5, 0.6) is 0 Å². The fourth-order valence-corrected chi connectivity index (χ4v) is 3.23. The van der Waals surface area contributed by atoms with Crippen molar-refractivity contribution in [2.75, 3.05) is 6.54 Å². The van der Waals surface area contributed by atoms with Crippen molar-refractivity contribution in [2.45, 2.75) is 26.8 Å². The molecule has 2 heterocycles. The number of aromatic nitrogens is 1. The minimum atomic E-state index is 0.205. The molecule has 1 aliphatic carbocycles. The molecular formula is C16H20N2O. The SMILES string of the molecule is CC1(C)CN(Cc2cccnc2)C2=CC=C(O)CC21. The average Bonchev–Trinajstić information content (AvgIpc) is 2.62. The number of hydrogen-bond acceptors (Lipinski definition) is 3. The maximum absolute atomic E-state index is 9.75. The van der Waals surface area contributed by atoms with Crippen LogP contribution in [0.4, 0.5) is 0 Å². The van der Waals surface area contributed by atoms with Gasteiger partial charge in [-0.05, 0) is 29.2 Å². The fraction of sp³-hybridized carbons (Fsp3) is 0.438. The van der Waals surface area contributed by atoms with E-state index in [0.717, 1.165) is 19.5 Å². The number of aliphatic hydroxyl groups excluding tert-OH is 1. The summed E-state index contributed by atoms with van der Waals surface area (Å²) in [6.45, 7) is 6.49. The van der Waals surface area contributed by atoms with Gasteiger partial charge in [-0.1, -0.05) is 19.9 Å². The van der Waals surface area contributed by atoms with E-state index in [1.54, 1.807) is 6.20 Å². The van der Waals surface area contributed by atoms with E-state index in [4.69, 9.17) is 0 Å². The highest BCUT2D eigenvalue weighted by Crippen LogP contribution is 2.47. The number of nitrogens with zero attached hydrogens (tertiary/aromatic N) is 2. The molecule has 0 saturated carbocycles. The van der Waals surface area contributed by atoms with E-state index in [1.807, 2.05) is 18.3 Å². The van der Waals surface area contributed by atoms with E-state index in [1.165, 1.54) is 11.3 Å². The first-order valence-corrected chi connectivity index (χ1v) is 6.80. The largest absolute Gasteiger partial charge is 0.512 e. The average molecular weight is 256 g/mol. The summed E-state index contributed by atoms with van der Waals surface area (Å²) in [5, 5.41) is 9.75. The Balaban J connectivity index is 1.87. The summed E-state index contributed by atoms with van der Waals surface area (Å²) in [7, 11) is 0. The van der Waals surface area contributed by atoms with Gasteiger partial charge in [0, 0.05) is 43.5 Å². The number of pyridine rings is 1. The third-order valence-electron chi connectivity index (χ3n) is 4.22. The van der Waals surface area contributed by atoms with Gasteiger partial charge in [-0.25, -0.2) is 0 Å². The Bertz CT molecular complexity index is 531. The topological polar surface area (TPSA) is 36.4 Å². The molecule has 0 spiro atoms. The van der Waals surface area contributed by atoms with Gasteiger partial charge in [0.1, 0.15) is 0 Å². The Morgan fingerprint density at radius 1 is 1.42 bits per heavy atom. The van der Waals surface area contributed by atoms with E-state index in [-0.39, 0.29) is 5.41 Å². The Labute approximate surface area is 114 Å². The zero-order valence-electron chi connectivity index (χ0n) is 11.5. The maximum atomic E-state index is 9.75. The fourth-order valence-electron chi connectivity index (χ4n) is 3.23. The van der Waals surface area contributed by atoms with Crippen LogP contribution in [0.3, 0.4) is 0 Å². The van der Waals surface area contributed by atoms with Gasteiger partial charge in [0.05, 0.1) is 5.76 Å². The van der Waals surface area contributed by atoms with Crippen LogP contribution in [0.25, 0.3) is 0 Å². The Hall–Kier alpha value is -1.77. The van der Waals surface area contributed by atoms with Crippen LogP contribution in [0.15, 0.2) is 48.1 Å². The minimum Gasteiger partial charge on any atom is -0.512 e. The van der Waals surface area contributed by atoms with Crippen LogP contribution in [-0.2, 0) is 6.54 Å². The molecule has 3 nitrogen and oxygen atoms in total. The van der Waals surface area contributed by atoms with Crippen molar-refractivity contribution in [2.24, 2.45) is 11.3 Å². The highest BCUT2D eigenvalue weighted by atomic mass is 16.3. The van der Waals surface area contributed by atoms with Gasteiger partial charge in [0.15, 0.2) is 0 Å². The van der Waals surface area contributed by atoms with Gasteiger partial charge < -0.3 is 10.0 Å². The molecule has 0 radical (unpaired) electrons. The third-order valence-corrected chi connectivity index (χ3v) is 4.22. The van der Waals surface area contributed by atoms with Crippen LogP contribution < -0.4 is 0 Å². The summed E-state index contributed by atoms with van der Waals surface area (Å²) < 4.78 is 0. The van der Waals surface area contributed by atoms with E-state index < -0.39 is 0 Å². The second-order valence-corrected chi connectivity index (χ2v) is 6.21. The minimum absolute atomic E-state index is 0.205. The summed E-state index contributed by atoms with van der Waals surface area (Å²) in [5.41, 5.74) is 2.79. The first-order valence-electron chi connectivity index (χ1n) is 6.80. The van der Waals surface area contributed by atoms with Crippen molar-refractivity contribution in [1.29, 1.82) is 0 Å². The Morgan fingerprint density at radius 3 is 3.00 bits per heavy atom. The molecule has 3 rings (SSSR count). The van der Waals surface area contributed by atoms with Crippen LogP contribution >= 0.6 is 0 Å². The molecule has 1 N–H and O–H groups in total. The molecule has 1 saturated heterocycles. The summed E-state index contributed by atoms with van der Waals surface area (Å²) in [6.07, 6.45) is 8.42. The molecule has 1 fully saturated rings. The van der Waals surface area contributed by atoms with Gasteiger partial charge in [-0.3, -0.25) is 4.98 Å². The summed E-state index contributed by atoms with van der Waals surface area (Å²) in [6, 6.07) is 4.10. The molecule has 1 atom stereocenters. The third kappa shape index (κ3) is 2.25. The van der Waals surface area contributed by atoms with Crippen molar-refractivity contribution in [3.8, 4) is 0 Å². The Kier molecular flexibility index (Phi) is 2.85. The van der Waals surface area contributed by atoms with Crippen LogP contribution in [-0.4, -0.2) is 21.5 Å². The lowest BCUT2D eigenvalue weighted by Gasteiger charge is -2.27. The molecule has 2 aliphatic rings. The van der Waals surface area contributed by atoms with E-state index >= 15 is 0 Å². The number of fused-ring (bicyclic) bond motifs is 1. The quantitative estimate of drug-likeness (QED) is 0.882. The number of allylic oxidation sites excluding steroid dienone is 4. The van der Waals surface area contributed by atoms with E-state index in [2.05, 4.69) is 35.9 Å². The lowest BCUT2D eigenvalue weighted by atomic mass is 9.77. The smallest absolute Gasteiger partial charge is 0.0930 e. The van der Waals surface area contributed by atoms with Crippen LogP contribution in [0.2, 0.25) is 0 Å². The van der Waals surface area contributed by atoms with Gasteiger partial charge in [0.2, 0.25) is 0 Å². The lowest BCUT2D eigenvalue weighted by Crippen LogP contribution is -2.23. The molecule has 0 amide bonds. The van der Waals surface area contributed by atoms with E-state index in [0.29, 0.717) is 11.7 Å². The number of hydrogen-bond donors (Lipinski definition) is 1. The van der Waals surface area contributed by atoms with Crippen LogP contribution in [0.1, 0.15) is 25.8 Å². The molecule has 1 aromatic rings. The normalized spacial score (nSPS) is 24.7. The van der Waals surface area contributed by atoms with Crippen molar-refractivity contribution in [1.82, 2.24) is 9.88 Å². The van der Waals surface area contributed by atoms with Crippen molar-refractivity contribution in [3.05, 3.63) is 53.7 Å². The van der Waals surface area contributed by atoms with Gasteiger partial charge in [-0.2, -0.15) is 0 Å². The first kappa shape index (κ1) is 12.3. The Morgan fingerprint density at radius 2 is 2.26 bits per heavy atom. The predicted molar refractivity (Wildman–Crippen MR) is 75.3 cm³/mol. The van der Waals surface area contributed by atoms with Crippen molar-refractivity contribution in [3.63, 3.8) is 0 Å². The standard InChI is InChI=1S/C16H20N2O/c1-16(2)11-18(10-12-4-3-7-17-9-12)15-6-5-13(19)8-14(15)16/h3-7,9,14,19H,8,10-11H2,1-2H3. The first-order chi connectivity index (χ1) is 9.06. The monoisotopic (exact) mass is 256 g/mol. The highest BCUT2D eigenvalue weighted by molar-refractivity contribution is 5.29. The van der Waals surface area contributed by atoms with Crippen molar-refractivity contribution >= 4 is 0 Å². The zero-order chi connectivity index (χ0) is 13.5. The maximum Gasteiger partial charge on any atom is 0.0930 e. The second kappa shape index (κ2) is 4.41. The van der Waals surface area contributed by atoms with Crippen molar-refractivity contribution < 1.29 is 5.11 Å². The highest BCUT2D eigenvalue weighted by Gasteiger charge is 2.43. The molecule has 1 aromatic heterocycles. The summed E-state index contributed by atoms with van der Waals surface area (Å²) in [4.78, 5) is 6.60. The molecule has 19 heavy (non-hydrogen) atoms. The number of likely N-dealkylation sites (tertiary alicyclic amines) is 1. The van der Waals surface area contributed by atoms with Gasteiger partial charge in [0.25, 0.3) is 0 Å². The van der Waals surface area contributed by atoms with Crippen LogP contribution in [0, 0.1) is 11.3 Å². The molecule has 0 bridgehead atoms. The molecule has 1 aliphatic heterocycles. The summed E-state index contributed by atoms with van der Waals surface area (Å²) >= 11 is 0. The molecule has 0 aromatic carbocycles. The molecule has 1 unspecified atom stereocenters. The van der Waals surface area contributed by atoms with E-state index in [9.17, 15) is 5.11 Å². The molecular weight excluding hydrogens is 236 g/mol. The van der Waals surface area contributed by atoms with Gasteiger partial charge in [-0.15, -0.1) is 0 Å². The summed E-state index contributed by atoms with van der Waals surface area (Å²) in [5.74, 6) is 0.930. The number of rotatable bonds is 2. The molecule has 3 heteroatoms. The zero-order valence-corrected chi connectivity index (χ0v) is 11.5. The number of aliphatic hydroxyl groups is 1.